The van der Waals surface area contributed by atoms with Gasteiger partial charge in [0.1, 0.15) is 0 Å². The third kappa shape index (κ3) is 2.81. The Morgan fingerprint density at radius 1 is 1.09 bits per heavy atom. The Kier molecular flexibility index (Phi) is 3.98. The van der Waals surface area contributed by atoms with Crippen LogP contribution < -0.4 is 0 Å². The Morgan fingerprint density at radius 2 is 1.45 bits per heavy atom. The molecule has 4 N–H and O–H groups in total. The summed E-state index contributed by atoms with van der Waals surface area (Å²) in [5.74, 6) is -1.18. The van der Waals surface area contributed by atoms with Crippen molar-refractivity contribution in [2.24, 2.45) is 0 Å². The number of rotatable bonds is 5. The third-order valence-corrected chi connectivity index (χ3v) is 1.37. The Labute approximate surface area is 63.5 Å². The topological polar surface area (TPSA) is 98.0 Å². The van der Waals surface area contributed by atoms with Gasteiger partial charge in [-0.2, -0.15) is 0 Å². The van der Waals surface area contributed by atoms with Crippen LogP contribution in [0, 0.1) is 0 Å². The molecular formula is C5H12NO5+. The molecule has 0 aliphatic heterocycles. The standard InChI is InChI=1S/C5H11NO5/c7-2-6(3-8,4-9)1-5(10)11/h7-9H,1-4H2/p+1. The Hall–Kier alpha value is -0.690. The predicted octanol–water partition coefficient (Wildman–Crippen LogP) is -2.26. The molecule has 6 heteroatoms. The first kappa shape index (κ1) is 10.3. The van der Waals surface area contributed by atoms with Gasteiger partial charge in [-0.05, 0) is 0 Å². The van der Waals surface area contributed by atoms with Gasteiger partial charge >= 0.3 is 5.97 Å². The molecule has 0 aromatic carbocycles. The van der Waals surface area contributed by atoms with Crippen LogP contribution >= 0.6 is 0 Å². The second-order valence-corrected chi connectivity index (χ2v) is 2.32. The highest BCUT2D eigenvalue weighted by atomic mass is 16.4. The van der Waals surface area contributed by atoms with Crippen molar-refractivity contribution in [3.05, 3.63) is 0 Å². The molecule has 0 rings (SSSR count). The fourth-order valence-corrected chi connectivity index (χ4v) is 0.571. The molecule has 0 saturated carbocycles. The van der Waals surface area contributed by atoms with Gasteiger partial charge in [0.05, 0.1) is 0 Å². The summed E-state index contributed by atoms with van der Waals surface area (Å²) in [5, 5.41) is 34.1. The van der Waals surface area contributed by atoms with Gasteiger partial charge in [0.15, 0.2) is 26.7 Å². The summed E-state index contributed by atoms with van der Waals surface area (Å²) in [4.78, 5) is 10.1. The summed E-state index contributed by atoms with van der Waals surface area (Å²) in [5.41, 5.74) is 0. The molecule has 66 valence electrons. The molecule has 0 bridgehead atoms. The summed E-state index contributed by atoms with van der Waals surface area (Å²) >= 11 is 0. The minimum Gasteiger partial charge on any atom is -0.477 e. The van der Waals surface area contributed by atoms with Gasteiger partial charge in [-0.25, -0.2) is 9.28 Å². The highest BCUT2D eigenvalue weighted by Crippen LogP contribution is 2.00. The van der Waals surface area contributed by atoms with Gasteiger partial charge < -0.3 is 20.4 Å². The number of hydrogen-bond donors (Lipinski definition) is 4. The first-order valence-corrected chi connectivity index (χ1v) is 2.99. The summed E-state index contributed by atoms with van der Waals surface area (Å²) in [6, 6.07) is 0. The molecule has 6 nitrogen and oxygen atoms in total. The first-order chi connectivity index (χ1) is 5.10. The number of carboxylic acids is 1. The Balaban J connectivity index is 4.16. The van der Waals surface area contributed by atoms with Crippen molar-refractivity contribution in [3.8, 4) is 0 Å². The van der Waals surface area contributed by atoms with Crippen molar-refractivity contribution >= 4 is 5.97 Å². The molecule has 0 saturated heterocycles. The van der Waals surface area contributed by atoms with Gasteiger partial charge in [0.25, 0.3) is 0 Å². The smallest absolute Gasteiger partial charge is 0.359 e. The lowest BCUT2D eigenvalue weighted by Gasteiger charge is -2.29. The molecule has 11 heavy (non-hydrogen) atoms. The highest BCUT2D eigenvalue weighted by Gasteiger charge is 2.27. The molecule has 0 aromatic heterocycles. The van der Waals surface area contributed by atoms with Crippen LogP contribution in [0.25, 0.3) is 0 Å². The average Bonchev–Trinajstić information content (AvgIpc) is 2.00. The summed E-state index contributed by atoms with van der Waals surface area (Å²) in [6.45, 7) is -2.29. The quantitative estimate of drug-likeness (QED) is 0.273. The number of aliphatic hydroxyl groups excluding tert-OH is 3. The number of hydrogen-bond acceptors (Lipinski definition) is 4. The van der Waals surface area contributed by atoms with E-state index in [-0.39, 0.29) is 0 Å². The SMILES string of the molecule is O=C(O)C[N+](CO)(CO)CO. The van der Waals surface area contributed by atoms with Crippen molar-refractivity contribution < 1.29 is 29.7 Å². The maximum atomic E-state index is 10.1. The molecular weight excluding hydrogens is 154 g/mol. The number of aliphatic carboxylic acids is 1. The van der Waals surface area contributed by atoms with E-state index >= 15 is 0 Å². The number of nitrogens with zero attached hydrogens (tertiary/aromatic N) is 1. The van der Waals surface area contributed by atoms with Gasteiger partial charge in [0.2, 0.25) is 0 Å². The van der Waals surface area contributed by atoms with E-state index in [1.165, 1.54) is 0 Å². The minimum absolute atomic E-state index is 0.497. The number of quaternary nitrogens is 1. The molecule has 0 atom stereocenters. The van der Waals surface area contributed by atoms with E-state index in [2.05, 4.69) is 0 Å². The van der Waals surface area contributed by atoms with Crippen LogP contribution in [0.5, 0.6) is 0 Å². The van der Waals surface area contributed by atoms with E-state index in [4.69, 9.17) is 20.4 Å². The molecule has 0 spiro atoms. The number of aliphatic hydroxyl groups is 3. The van der Waals surface area contributed by atoms with E-state index in [9.17, 15) is 4.79 Å². The van der Waals surface area contributed by atoms with Crippen LogP contribution in [0.1, 0.15) is 0 Å². The Morgan fingerprint density at radius 3 is 1.55 bits per heavy atom. The van der Waals surface area contributed by atoms with Crippen LogP contribution in [-0.4, -0.2) is 57.6 Å². The summed E-state index contributed by atoms with van der Waals surface area (Å²) < 4.78 is -0.644. The number of carbonyl (C=O) groups is 1. The second kappa shape index (κ2) is 4.24. The van der Waals surface area contributed by atoms with Crippen molar-refractivity contribution in [2.75, 3.05) is 26.7 Å². The lowest BCUT2D eigenvalue weighted by atomic mass is 10.5. The van der Waals surface area contributed by atoms with Gasteiger partial charge in [-0.15, -0.1) is 0 Å². The van der Waals surface area contributed by atoms with Crippen molar-refractivity contribution in [1.82, 2.24) is 0 Å². The zero-order valence-electron chi connectivity index (χ0n) is 5.97. The monoisotopic (exact) mass is 166 g/mol. The lowest BCUT2D eigenvalue weighted by molar-refractivity contribution is -0.970. The van der Waals surface area contributed by atoms with Gasteiger partial charge in [0, 0.05) is 0 Å². The second-order valence-electron chi connectivity index (χ2n) is 2.32. The summed E-state index contributed by atoms with van der Waals surface area (Å²) in [6.07, 6.45) is 0. The van der Waals surface area contributed by atoms with E-state index in [0.717, 1.165) is 0 Å². The molecule has 0 radical (unpaired) electrons. The van der Waals surface area contributed by atoms with Crippen LogP contribution in [-0.2, 0) is 4.79 Å². The minimum atomic E-state index is -1.18. The van der Waals surface area contributed by atoms with Crippen LogP contribution in [0.3, 0.4) is 0 Å². The van der Waals surface area contributed by atoms with Crippen molar-refractivity contribution in [1.29, 1.82) is 0 Å². The number of carboxylic acid groups (broad SMARTS) is 1. The Bertz CT molecular complexity index is 125. The zero-order chi connectivity index (χ0) is 8.91. The molecule has 0 aromatic rings. The van der Waals surface area contributed by atoms with Gasteiger partial charge in [-0.3, -0.25) is 0 Å². The third-order valence-electron chi connectivity index (χ3n) is 1.37. The largest absolute Gasteiger partial charge is 0.477 e. The predicted molar refractivity (Wildman–Crippen MR) is 34.0 cm³/mol. The fraction of sp³-hybridized carbons (Fsp3) is 0.800. The maximum absolute atomic E-state index is 10.1. The lowest BCUT2D eigenvalue weighted by Crippen LogP contribution is -2.53. The van der Waals surface area contributed by atoms with E-state index in [1.807, 2.05) is 0 Å². The van der Waals surface area contributed by atoms with E-state index in [1.54, 1.807) is 0 Å². The fourth-order valence-electron chi connectivity index (χ4n) is 0.571. The molecule has 0 aliphatic carbocycles. The maximum Gasteiger partial charge on any atom is 0.359 e. The van der Waals surface area contributed by atoms with Crippen LogP contribution in [0.2, 0.25) is 0 Å². The molecule has 0 fully saturated rings. The van der Waals surface area contributed by atoms with E-state index in [0.29, 0.717) is 0 Å². The molecule has 0 amide bonds. The molecule has 0 heterocycles. The first-order valence-electron chi connectivity index (χ1n) is 2.99. The van der Waals surface area contributed by atoms with Crippen LogP contribution in [0.4, 0.5) is 0 Å². The highest BCUT2D eigenvalue weighted by molar-refractivity contribution is 5.67. The zero-order valence-corrected chi connectivity index (χ0v) is 5.97. The normalized spacial score (nSPS) is 11.5. The molecule has 0 aliphatic rings. The van der Waals surface area contributed by atoms with Crippen LogP contribution in [0.15, 0.2) is 0 Å². The van der Waals surface area contributed by atoms with E-state index < -0.39 is 37.2 Å². The van der Waals surface area contributed by atoms with Crippen molar-refractivity contribution in [3.63, 3.8) is 0 Å². The molecule has 0 unspecified atom stereocenters. The summed E-state index contributed by atoms with van der Waals surface area (Å²) in [7, 11) is 0. The van der Waals surface area contributed by atoms with Gasteiger partial charge in [-0.1, -0.05) is 0 Å². The van der Waals surface area contributed by atoms with Crippen molar-refractivity contribution in [2.45, 2.75) is 0 Å². The average molecular weight is 166 g/mol.